The lowest BCUT2D eigenvalue weighted by Gasteiger charge is -2.21. The van der Waals surface area contributed by atoms with Gasteiger partial charge in [-0.05, 0) is 38.8 Å². The molecule has 0 aliphatic carbocycles. The highest BCUT2D eigenvalue weighted by molar-refractivity contribution is 5.73. The molecule has 0 saturated carbocycles. The Kier molecular flexibility index (Phi) is 6.88. The summed E-state index contributed by atoms with van der Waals surface area (Å²) < 4.78 is 15.6. The molecule has 2 N–H and O–H groups in total. The number of amides is 1. The standard InChI is InChI=1S/C17H25NO6/c1-17(2,3)24-16(21)18-10-12(15(19)20)9-11-7-6-8-13(22-4)14(11)23-5/h6-8,12H,9-10H2,1-5H3,(H,18,21)(H,19,20). The summed E-state index contributed by atoms with van der Waals surface area (Å²) in [6.07, 6.45) is -0.461. The maximum atomic E-state index is 11.7. The first-order chi connectivity index (χ1) is 11.2. The van der Waals surface area contributed by atoms with E-state index in [1.807, 2.05) is 0 Å². The Morgan fingerprint density at radius 3 is 2.38 bits per heavy atom. The Labute approximate surface area is 141 Å². The SMILES string of the molecule is COc1cccc(CC(CNC(=O)OC(C)(C)C)C(=O)O)c1OC. The van der Waals surface area contributed by atoms with E-state index < -0.39 is 23.6 Å². The van der Waals surface area contributed by atoms with Crippen molar-refractivity contribution in [2.75, 3.05) is 20.8 Å². The van der Waals surface area contributed by atoms with Gasteiger partial charge in [0.25, 0.3) is 0 Å². The number of carbonyl (C=O) groups excluding carboxylic acids is 1. The van der Waals surface area contributed by atoms with Gasteiger partial charge < -0.3 is 24.6 Å². The molecule has 0 bridgehead atoms. The van der Waals surface area contributed by atoms with Crippen LogP contribution in [0.5, 0.6) is 11.5 Å². The molecule has 0 saturated heterocycles. The van der Waals surface area contributed by atoms with Crippen LogP contribution < -0.4 is 14.8 Å². The van der Waals surface area contributed by atoms with Crippen molar-refractivity contribution in [2.24, 2.45) is 5.92 Å². The fraction of sp³-hybridized carbons (Fsp3) is 0.529. The van der Waals surface area contributed by atoms with E-state index in [0.29, 0.717) is 17.1 Å². The van der Waals surface area contributed by atoms with E-state index >= 15 is 0 Å². The lowest BCUT2D eigenvalue weighted by Crippen LogP contribution is -2.37. The smallest absolute Gasteiger partial charge is 0.407 e. The van der Waals surface area contributed by atoms with Crippen molar-refractivity contribution in [3.63, 3.8) is 0 Å². The Hall–Kier alpha value is -2.44. The van der Waals surface area contributed by atoms with Crippen molar-refractivity contribution in [1.29, 1.82) is 0 Å². The van der Waals surface area contributed by atoms with Gasteiger partial charge in [-0.15, -0.1) is 0 Å². The lowest BCUT2D eigenvalue weighted by molar-refractivity contribution is -0.141. The fourth-order valence-electron chi connectivity index (χ4n) is 2.15. The first-order valence-electron chi connectivity index (χ1n) is 7.57. The maximum absolute atomic E-state index is 11.7. The molecular weight excluding hydrogens is 314 g/mol. The minimum absolute atomic E-state index is 0.0510. The van der Waals surface area contributed by atoms with Crippen LogP contribution in [0.15, 0.2) is 18.2 Å². The zero-order valence-corrected chi connectivity index (χ0v) is 14.7. The quantitative estimate of drug-likeness (QED) is 0.792. The summed E-state index contributed by atoms with van der Waals surface area (Å²) in [6.45, 7) is 5.16. The van der Waals surface area contributed by atoms with Crippen LogP contribution in [0.1, 0.15) is 26.3 Å². The molecule has 0 aromatic heterocycles. The first-order valence-corrected chi connectivity index (χ1v) is 7.57. The highest BCUT2D eigenvalue weighted by Crippen LogP contribution is 2.32. The van der Waals surface area contributed by atoms with Gasteiger partial charge in [0.15, 0.2) is 11.5 Å². The van der Waals surface area contributed by atoms with Crippen molar-refractivity contribution in [1.82, 2.24) is 5.32 Å². The Bertz CT molecular complexity index is 579. The van der Waals surface area contributed by atoms with E-state index in [9.17, 15) is 14.7 Å². The molecule has 7 heteroatoms. The zero-order chi connectivity index (χ0) is 18.3. The van der Waals surface area contributed by atoms with Crippen molar-refractivity contribution in [3.8, 4) is 11.5 Å². The van der Waals surface area contributed by atoms with E-state index in [4.69, 9.17) is 14.2 Å². The largest absolute Gasteiger partial charge is 0.493 e. The number of nitrogens with one attached hydrogen (secondary N) is 1. The van der Waals surface area contributed by atoms with Gasteiger partial charge in [-0.25, -0.2) is 4.79 Å². The molecule has 0 fully saturated rings. The molecule has 0 aliphatic heterocycles. The van der Waals surface area contributed by atoms with Crippen LogP contribution >= 0.6 is 0 Å². The van der Waals surface area contributed by atoms with Crippen LogP contribution in [0, 0.1) is 5.92 Å². The molecule has 1 aromatic rings. The van der Waals surface area contributed by atoms with Gasteiger partial charge >= 0.3 is 12.1 Å². The number of hydrogen-bond acceptors (Lipinski definition) is 5. The molecular formula is C17H25NO6. The molecule has 134 valence electrons. The summed E-state index contributed by atoms with van der Waals surface area (Å²) in [5, 5.41) is 11.9. The number of benzene rings is 1. The zero-order valence-electron chi connectivity index (χ0n) is 14.7. The summed E-state index contributed by atoms with van der Waals surface area (Å²) in [7, 11) is 3.01. The number of carboxylic acid groups (broad SMARTS) is 1. The predicted molar refractivity (Wildman–Crippen MR) is 88.6 cm³/mol. The van der Waals surface area contributed by atoms with Crippen LogP contribution in [0.3, 0.4) is 0 Å². The highest BCUT2D eigenvalue weighted by atomic mass is 16.6. The molecule has 1 amide bonds. The maximum Gasteiger partial charge on any atom is 0.407 e. The van der Waals surface area contributed by atoms with Gasteiger partial charge in [0.1, 0.15) is 5.60 Å². The summed E-state index contributed by atoms with van der Waals surface area (Å²) in [5.74, 6) is -0.822. The summed E-state index contributed by atoms with van der Waals surface area (Å²) in [4.78, 5) is 23.2. The molecule has 1 unspecified atom stereocenters. The molecule has 0 aliphatic rings. The van der Waals surface area contributed by atoms with Crippen LogP contribution in [0.4, 0.5) is 4.79 Å². The van der Waals surface area contributed by atoms with Gasteiger partial charge in [0, 0.05) is 6.54 Å². The molecule has 1 rings (SSSR count). The number of aliphatic carboxylic acids is 1. The molecule has 1 aromatic carbocycles. The van der Waals surface area contributed by atoms with Crippen molar-refractivity contribution in [3.05, 3.63) is 23.8 Å². The van der Waals surface area contributed by atoms with Gasteiger partial charge in [0.05, 0.1) is 20.1 Å². The number of rotatable bonds is 7. The van der Waals surface area contributed by atoms with E-state index in [2.05, 4.69) is 5.32 Å². The van der Waals surface area contributed by atoms with Crippen LogP contribution in [0.25, 0.3) is 0 Å². The van der Waals surface area contributed by atoms with E-state index in [1.54, 1.807) is 39.0 Å². The second-order valence-corrected chi connectivity index (χ2v) is 6.27. The first kappa shape index (κ1) is 19.6. The molecule has 0 radical (unpaired) electrons. The van der Waals surface area contributed by atoms with Gasteiger partial charge in [-0.2, -0.15) is 0 Å². The normalized spacial score (nSPS) is 12.2. The number of hydrogen-bond donors (Lipinski definition) is 2. The average Bonchev–Trinajstić information content (AvgIpc) is 2.48. The monoisotopic (exact) mass is 339 g/mol. The van der Waals surface area contributed by atoms with Gasteiger partial charge in [-0.3, -0.25) is 4.79 Å². The predicted octanol–water partition coefficient (Wildman–Crippen LogP) is 2.47. The van der Waals surface area contributed by atoms with Crippen molar-refractivity contribution < 1.29 is 28.9 Å². The van der Waals surface area contributed by atoms with Crippen LogP contribution in [0.2, 0.25) is 0 Å². The molecule has 0 spiro atoms. The van der Waals surface area contributed by atoms with Gasteiger partial charge in [-0.1, -0.05) is 12.1 Å². The number of alkyl carbamates (subject to hydrolysis) is 1. The Morgan fingerprint density at radius 2 is 1.88 bits per heavy atom. The summed E-state index contributed by atoms with van der Waals surface area (Å²) in [6, 6.07) is 5.26. The number of methoxy groups -OCH3 is 2. The highest BCUT2D eigenvalue weighted by Gasteiger charge is 2.23. The minimum Gasteiger partial charge on any atom is -0.493 e. The van der Waals surface area contributed by atoms with E-state index in [0.717, 1.165) is 0 Å². The molecule has 0 heterocycles. The molecule has 7 nitrogen and oxygen atoms in total. The molecule has 24 heavy (non-hydrogen) atoms. The van der Waals surface area contributed by atoms with Crippen molar-refractivity contribution >= 4 is 12.1 Å². The summed E-state index contributed by atoms with van der Waals surface area (Å²) in [5.41, 5.74) is 0.0500. The third kappa shape index (κ3) is 5.98. The van der Waals surface area contributed by atoms with Gasteiger partial charge in [0.2, 0.25) is 0 Å². The number of ether oxygens (including phenoxy) is 3. The van der Waals surface area contributed by atoms with Crippen LogP contribution in [-0.2, 0) is 16.0 Å². The summed E-state index contributed by atoms with van der Waals surface area (Å²) >= 11 is 0. The number of carboxylic acids is 1. The van der Waals surface area contributed by atoms with E-state index in [1.165, 1.54) is 14.2 Å². The lowest BCUT2D eigenvalue weighted by atomic mass is 9.98. The molecule has 1 atom stereocenters. The number of carbonyl (C=O) groups is 2. The van der Waals surface area contributed by atoms with E-state index in [-0.39, 0.29) is 13.0 Å². The second kappa shape index (κ2) is 8.42. The Morgan fingerprint density at radius 1 is 1.21 bits per heavy atom. The number of para-hydroxylation sites is 1. The third-order valence-electron chi connectivity index (χ3n) is 3.19. The van der Waals surface area contributed by atoms with Crippen LogP contribution in [-0.4, -0.2) is 43.5 Å². The minimum atomic E-state index is -1.02. The third-order valence-corrected chi connectivity index (χ3v) is 3.19. The Balaban J connectivity index is 2.81. The average molecular weight is 339 g/mol. The topological polar surface area (TPSA) is 94.1 Å². The van der Waals surface area contributed by atoms with Crippen molar-refractivity contribution in [2.45, 2.75) is 32.8 Å². The fourth-order valence-corrected chi connectivity index (χ4v) is 2.15. The second-order valence-electron chi connectivity index (χ2n) is 6.27.